The van der Waals surface area contributed by atoms with E-state index in [1.54, 1.807) is 30.3 Å². The number of imidazole rings is 1. The van der Waals surface area contributed by atoms with Crippen LogP contribution in [-0.2, 0) is 14.6 Å². The second-order valence-electron chi connectivity index (χ2n) is 4.74. The van der Waals surface area contributed by atoms with Crippen LogP contribution in [0.5, 0.6) is 0 Å². The fraction of sp³-hybridized carbons (Fsp3) is 0.333. The first kappa shape index (κ1) is 16.2. The Morgan fingerprint density at radius 3 is 2.36 bits per heavy atom. The van der Waals surface area contributed by atoms with Crippen LogP contribution < -0.4 is 0 Å². The van der Waals surface area contributed by atoms with Crippen LogP contribution in [0, 0.1) is 0 Å². The summed E-state index contributed by atoms with van der Waals surface area (Å²) in [5.41, 5.74) is 0.441. The Labute approximate surface area is 130 Å². The van der Waals surface area contributed by atoms with Gasteiger partial charge in [-0.1, -0.05) is 30.3 Å². The number of amides is 1. The zero-order chi connectivity index (χ0) is 16.2. The molecule has 118 valence electrons. The second kappa shape index (κ2) is 6.74. The summed E-state index contributed by atoms with van der Waals surface area (Å²) in [6.45, 7) is 4.55. The SMILES string of the molecule is CCN(CC)C(=O)[C@H](c1ccccc1)S(=O)(=O)c1ncc[nH]1. The molecule has 0 fully saturated rings. The number of carbonyl (C=O) groups is 1. The summed E-state index contributed by atoms with van der Waals surface area (Å²) in [5.74, 6) is -0.437. The number of likely N-dealkylation sites (N-methyl/N-ethyl adjacent to an activating group) is 1. The summed E-state index contributed by atoms with van der Waals surface area (Å²) in [6, 6.07) is 8.51. The van der Waals surface area contributed by atoms with E-state index in [2.05, 4.69) is 9.97 Å². The van der Waals surface area contributed by atoms with Gasteiger partial charge in [-0.05, 0) is 19.4 Å². The lowest BCUT2D eigenvalue weighted by Crippen LogP contribution is -2.38. The fourth-order valence-electron chi connectivity index (χ4n) is 2.30. The van der Waals surface area contributed by atoms with Crippen LogP contribution in [0.4, 0.5) is 0 Å². The summed E-state index contributed by atoms with van der Waals surface area (Å²) < 4.78 is 25.7. The first-order valence-corrected chi connectivity index (χ1v) is 8.64. The third-order valence-electron chi connectivity index (χ3n) is 3.45. The minimum Gasteiger partial charge on any atom is -0.342 e. The molecule has 0 aliphatic heterocycles. The van der Waals surface area contributed by atoms with Crippen LogP contribution in [-0.4, -0.2) is 42.3 Å². The van der Waals surface area contributed by atoms with Gasteiger partial charge in [0.25, 0.3) is 0 Å². The zero-order valence-corrected chi connectivity index (χ0v) is 13.4. The molecule has 1 aromatic carbocycles. The number of benzene rings is 1. The topological polar surface area (TPSA) is 83.1 Å². The first-order chi connectivity index (χ1) is 10.5. The molecular weight excluding hydrogens is 302 g/mol. The molecule has 1 atom stereocenters. The minimum absolute atomic E-state index is 0.193. The van der Waals surface area contributed by atoms with E-state index in [1.807, 2.05) is 13.8 Å². The molecule has 6 nitrogen and oxygen atoms in total. The van der Waals surface area contributed by atoms with Crippen molar-refractivity contribution < 1.29 is 13.2 Å². The van der Waals surface area contributed by atoms with Gasteiger partial charge >= 0.3 is 0 Å². The van der Waals surface area contributed by atoms with Gasteiger partial charge in [-0.2, -0.15) is 0 Å². The Morgan fingerprint density at radius 1 is 1.23 bits per heavy atom. The molecule has 1 N–H and O–H groups in total. The van der Waals surface area contributed by atoms with E-state index < -0.39 is 21.0 Å². The number of hydrogen-bond donors (Lipinski definition) is 1. The maximum atomic E-state index is 12.8. The summed E-state index contributed by atoms with van der Waals surface area (Å²) in [5, 5.41) is -1.48. The number of H-pyrrole nitrogens is 1. The smallest absolute Gasteiger partial charge is 0.245 e. The lowest BCUT2D eigenvalue weighted by atomic mass is 10.1. The monoisotopic (exact) mass is 321 g/mol. The van der Waals surface area contributed by atoms with E-state index in [0.29, 0.717) is 18.7 Å². The van der Waals surface area contributed by atoms with Crippen molar-refractivity contribution in [3.05, 3.63) is 48.3 Å². The maximum absolute atomic E-state index is 12.8. The highest BCUT2D eigenvalue weighted by atomic mass is 32.2. The standard InChI is InChI=1S/C15H19N3O3S/c1-3-18(4-2)14(19)13(12-8-6-5-7-9-12)22(20,21)15-16-10-11-17-15/h5-11,13H,3-4H2,1-2H3,(H,16,17)/t13-/m0/s1. The first-order valence-electron chi connectivity index (χ1n) is 7.09. The van der Waals surface area contributed by atoms with E-state index in [1.165, 1.54) is 17.3 Å². The normalized spacial score (nSPS) is 12.8. The number of aromatic nitrogens is 2. The van der Waals surface area contributed by atoms with Gasteiger partial charge in [0.05, 0.1) is 0 Å². The fourth-order valence-corrected chi connectivity index (χ4v) is 3.89. The Bertz CT molecular complexity index is 708. The van der Waals surface area contributed by atoms with Crippen molar-refractivity contribution in [1.82, 2.24) is 14.9 Å². The van der Waals surface area contributed by atoms with Crippen molar-refractivity contribution in [2.75, 3.05) is 13.1 Å². The highest BCUT2D eigenvalue weighted by molar-refractivity contribution is 7.92. The predicted octanol–water partition coefficient (Wildman–Crippen LogP) is 1.79. The van der Waals surface area contributed by atoms with Crippen molar-refractivity contribution in [2.24, 2.45) is 0 Å². The molecule has 7 heteroatoms. The Hall–Kier alpha value is -2.15. The average Bonchev–Trinajstić information content (AvgIpc) is 3.04. The predicted molar refractivity (Wildman–Crippen MR) is 82.9 cm³/mol. The van der Waals surface area contributed by atoms with Gasteiger partial charge in [0.15, 0.2) is 5.25 Å². The van der Waals surface area contributed by atoms with Gasteiger partial charge in [-0.25, -0.2) is 13.4 Å². The van der Waals surface area contributed by atoms with E-state index in [4.69, 9.17) is 0 Å². The third-order valence-corrected chi connectivity index (χ3v) is 5.31. The molecule has 0 unspecified atom stereocenters. The summed E-state index contributed by atoms with van der Waals surface area (Å²) in [4.78, 5) is 20.7. The molecule has 0 saturated heterocycles. The Kier molecular flexibility index (Phi) is 4.97. The average molecular weight is 321 g/mol. The second-order valence-corrected chi connectivity index (χ2v) is 6.69. The molecule has 2 aromatic rings. The largest absolute Gasteiger partial charge is 0.342 e. The molecule has 1 amide bonds. The lowest BCUT2D eigenvalue weighted by Gasteiger charge is -2.24. The van der Waals surface area contributed by atoms with E-state index in [-0.39, 0.29) is 5.16 Å². The van der Waals surface area contributed by atoms with Gasteiger partial charge in [-0.3, -0.25) is 4.79 Å². The van der Waals surface area contributed by atoms with E-state index in [9.17, 15) is 13.2 Å². The molecule has 0 saturated carbocycles. The van der Waals surface area contributed by atoms with Crippen molar-refractivity contribution in [3.8, 4) is 0 Å². The molecular formula is C15H19N3O3S. The van der Waals surface area contributed by atoms with Gasteiger partial charge in [0, 0.05) is 25.5 Å². The third kappa shape index (κ3) is 3.04. The molecule has 2 rings (SSSR count). The number of nitrogens with one attached hydrogen (secondary N) is 1. The number of hydrogen-bond acceptors (Lipinski definition) is 4. The molecule has 0 aliphatic carbocycles. The highest BCUT2D eigenvalue weighted by Crippen LogP contribution is 2.29. The van der Waals surface area contributed by atoms with Crippen molar-refractivity contribution in [1.29, 1.82) is 0 Å². The highest BCUT2D eigenvalue weighted by Gasteiger charge is 2.39. The Balaban J connectivity index is 2.54. The Morgan fingerprint density at radius 2 is 1.86 bits per heavy atom. The number of nitrogens with zero attached hydrogens (tertiary/aromatic N) is 2. The van der Waals surface area contributed by atoms with Crippen molar-refractivity contribution in [2.45, 2.75) is 24.3 Å². The molecule has 1 aromatic heterocycles. The van der Waals surface area contributed by atoms with Crippen molar-refractivity contribution >= 4 is 15.7 Å². The van der Waals surface area contributed by atoms with Gasteiger partial charge in [0.1, 0.15) is 0 Å². The van der Waals surface area contributed by atoms with Crippen LogP contribution in [0.25, 0.3) is 0 Å². The molecule has 1 heterocycles. The van der Waals surface area contributed by atoms with Crippen molar-refractivity contribution in [3.63, 3.8) is 0 Å². The molecule has 0 radical (unpaired) electrons. The van der Waals surface area contributed by atoms with E-state index in [0.717, 1.165) is 0 Å². The number of sulfone groups is 1. The van der Waals surface area contributed by atoms with Gasteiger partial charge in [0.2, 0.25) is 20.9 Å². The molecule has 22 heavy (non-hydrogen) atoms. The van der Waals surface area contributed by atoms with E-state index >= 15 is 0 Å². The number of rotatable bonds is 6. The van der Waals surface area contributed by atoms with Gasteiger partial charge in [-0.15, -0.1) is 0 Å². The molecule has 0 aliphatic rings. The number of aromatic amines is 1. The van der Waals surface area contributed by atoms with Crippen LogP contribution >= 0.6 is 0 Å². The van der Waals surface area contributed by atoms with Gasteiger partial charge < -0.3 is 9.88 Å². The molecule has 0 spiro atoms. The number of carbonyl (C=O) groups excluding carboxylic acids is 1. The summed E-state index contributed by atoms with van der Waals surface area (Å²) >= 11 is 0. The minimum atomic E-state index is -3.93. The van der Waals surface area contributed by atoms with Crippen LogP contribution in [0.3, 0.4) is 0 Å². The quantitative estimate of drug-likeness (QED) is 0.879. The zero-order valence-electron chi connectivity index (χ0n) is 12.6. The summed E-state index contributed by atoms with van der Waals surface area (Å²) in [6.07, 6.45) is 2.79. The molecule has 0 bridgehead atoms. The lowest BCUT2D eigenvalue weighted by molar-refractivity contribution is -0.130. The van der Waals surface area contributed by atoms with Crippen LogP contribution in [0.1, 0.15) is 24.7 Å². The maximum Gasteiger partial charge on any atom is 0.245 e. The summed E-state index contributed by atoms with van der Waals surface area (Å²) in [7, 11) is -3.93. The van der Waals surface area contributed by atoms with Crippen LogP contribution in [0.15, 0.2) is 47.9 Å². The van der Waals surface area contributed by atoms with Crippen LogP contribution in [0.2, 0.25) is 0 Å².